The van der Waals surface area contributed by atoms with Crippen molar-refractivity contribution in [2.45, 2.75) is 6.92 Å². The number of thiophene rings is 1. The Hall–Kier alpha value is -1.99. The number of hydrogen-bond acceptors (Lipinski definition) is 6. The molecule has 0 atom stereocenters. The molecular weight excluding hydrogens is 288 g/mol. The molecule has 0 spiro atoms. The van der Waals surface area contributed by atoms with Crippen LogP contribution in [0.25, 0.3) is 10.2 Å². The molecule has 2 heterocycles. The van der Waals surface area contributed by atoms with Crippen molar-refractivity contribution < 1.29 is 9.53 Å². The minimum absolute atomic E-state index is 0.109. The van der Waals surface area contributed by atoms with Crippen LogP contribution in [-0.2, 0) is 4.74 Å². The molecule has 2 aromatic rings. The maximum Gasteiger partial charge on any atom is 0.261 e. The lowest BCUT2D eigenvalue weighted by Gasteiger charge is -2.05. The van der Waals surface area contributed by atoms with Crippen molar-refractivity contribution in [2.24, 2.45) is 0 Å². The normalized spacial score (nSPS) is 10.6. The quantitative estimate of drug-likeness (QED) is 0.604. The van der Waals surface area contributed by atoms with E-state index >= 15 is 0 Å². The molecule has 0 saturated carbocycles. The molecule has 0 fully saturated rings. The number of amides is 1. The molecule has 0 saturated heterocycles. The third-order valence-electron chi connectivity index (χ3n) is 2.94. The zero-order valence-corrected chi connectivity index (χ0v) is 12.9. The number of methoxy groups -OCH3 is 1. The fourth-order valence-corrected chi connectivity index (χ4v) is 3.00. The summed E-state index contributed by atoms with van der Waals surface area (Å²) in [6.45, 7) is 7.16. The summed E-state index contributed by atoms with van der Waals surface area (Å²) in [6.07, 6.45) is 3.25. The molecule has 2 aromatic heterocycles. The van der Waals surface area contributed by atoms with Gasteiger partial charge in [-0.2, -0.15) is 0 Å². The van der Waals surface area contributed by atoms with Crippen molar-refractivity contribution in [2.75, 3.05) is 32.1 Å². The molecule has 2 rings (SSSR count). The van der Waals surface area contributed by atoms with E-state index < -0.39 is 0 Å². The first kappa shape index (κ1) is 15.4. The van der Waals surface area contributed by atoms with Crippen molar-refractivity contribution >= 4 is 33.3 Å². The SMILES string of the molecule is C=CCNc1ncnc2sc(C(=O)NCCOC)c(C)c12. The van der Waals surface area contributed by atoms with Crippen molar-refractivity contribution in [3.8, 4) is 0 Å². The average molecular weight is 306 g/mol. The molecule has 0 aromatic carbocycles. The lowest BCUT2D eigenvalue weighted by molar-refractivity contribution is 0.0940. The van der Waals surface area contributed by atoms with Crippen LogP contribution in [-0.4, -0.2) is 42.7 Å². The van der Waals surface area contributed by atoms with E-state index in [4.69, 9.17) is 4.74 Å². The molecule has 0 aliphatic heterocycles. The van der Waals surface area contributed by atoms with Gasteiger partial charge in [0.05, 0.1) is 16.9 Å². The van der Waals surface area contributed by atoms with E-state index in [-0.39, 0.29) is 5.91 Å². The Labute approximate surface area is 127 Å². The molecular formula is C14H18N4O2S. The summed E-state index contributed by atoms with van der Waals surface area (Å²) < 4.78 is 4.93. The Bertz CT molecular complexity index is 654. The van der Waals surface area contributed by atoms with Crippen LogP contribution in [0.3, 0.4) is 0 Å². The number of carbonyl (C=O) groups excluding carboxylic acids is 1. The number of fused-ring (bicyclic) bond motifs is 1. The Kier molecular flexibility index (Phi) is 5.24. The van der Waals surface area contributed by atoms with E-state index in [1.165, 1.54) is 17.7 Å². The molecule has 7 heteroatoms. The Morgan fingerprint density at radius 3 is 3.05 bits per heavy atom. The second-order valence-electron chi connectivity index (χ2n) is 4.38. The summed E-state index contributed by atoms with van der Waals surface area (Å²) in [7, 11) is 1.60. The minimum atomic E-state index is -0.109. The third kappa shape index (κ3) is 3.37. The van der Waals surface area contributed by atoms with Crippen molar-refractivity contribution in [1.82, 2.24) is 15.3 Å². The van der Waals surface area contributed by atoms with Crippen LogP contribution in [0.1, 0.15) is 15.2 Å². The van der Waals surface area contributed by atoms with E-state index in [1.54, 1.807) is 13.2 Å². The van der Waals surface area contributed by atoms with Crippen molar-refractivity contribution in [3.05, 3.63) is 29.4 Å². The Morgan fingerprint density at radius 2 is 2.33 bits per heavy atom. The number of nitrogens with one attached hydrogen (secondary N) is 2. The highest BCUT2D eigenvalue weighted by molar-refractivity contribution is 7.20. The highest BCUT2D eigenvalue weighted by atomic mass is 32.1. The number of rotatable bonds is 7. The molecule has 0 unspecified atom stereocenters. The minimum Gasteiger partial charge on any atom is -0.383 e. The molecule has 0 aliphatic rings. The molecule has 0 aliphatic carbocycles. The van der Waals surface area contributed by atoms with E-state index in [0.717, 1.165) is 21.6 Å². The molecule has 0 bridgehead atoms. The summed E-state index contributed by atoms with van der Waals surface area (Å²) in [5.74, 6) is 0.617. The summed E-state index contributed by atoms with van der Waals surface area (Å²) in [6, 6.07) is 0. The van der Waals surface area contributed by atoms with Gasteiger partial charge in [-0.15, -0.1) is 17.9 Å². The van der Waals surface area contributed by atoms with E-state index in [0.29, 0.717) is 24.6 Å². The fraction of sp³-hybridized carbons (Fsp3) is 0.357. The smallest absolute Gasteiger partial charge is 0.261 e. The van der Waals surface area contributed by atoms with Gasteiger partial charge < -0.3 is 15.4 Å². The lowest BCUT2D eigenvalue weighted by atomic mass is 10.2. The monoisotopic (exact) mass is 306 g/mol. The number of aromatic nitrogens is 2. The van der Waals surface area contributed by atoms with Gasteiger partial charge in [0, 0.05) is 20.2 Å². The predicted octanol–water partition coefficient (Wildman–Crippen LogP) is 1.97. The van der Waals surface area contributed by atoms with Crippen LogP contribution >= 0.6 is 11.3 Å². The number of anilines is 1. The van der Waals surface area contributed by atoms with Gasteiger partial charge in [0.2, 0.25) is 0 Å². The van der Waals surface area contributed by atoms with E-state index in [9.17, 15) is 4.79 Å². The van der Waals surface area contributed by atoms with Crippen LogP contribution in [0.2, 0.25) is 0 Å². The first-order valence-corrected chi connectivity index (χ1v) is 7.36. The fourth-order valence-electron chi connectivity index (χ4n) is 1.94. The summed E-state index contributed by atoms with van der Waals surface area (Å²) in [4.78, 5) is 22.1. The Balaban J connectivity index is 2.32. The number of ether oxygens (including phenoxy) is 1. The van der Waals surface area contributed by atoms with Crippen LogP contribution in [0.4, 0.5) is 5.82 Å². The van der Waals surface area contributed by atoms with Crippen LogP contribution in [0.15, 0.2) is 19.0 Å². The molecule has 2 N–H and O–H groups in total. The molecule has 0 radical (unpaired) electrons. The molecule has 21 heavy (non-hydrogen) atoms. The first-order valence-electron chi connectivity index (χ1n) is 6.55. The van der Waals surface area contributed by atoms with Gasteiger partial charge in [0.25, 0.3) is 5.91 Å². The van der Waals surface area contributed by atoms with Crippen molar-refractivity contribution in [1.29, 1.82) is 0 Å². The number of hydrogen-bond donors (Lipinski definition) is 2. The van der Waals surface area contributed by atoms with Crippen LogP contribution < -0.4 is 10.6 Å². The number of nitrogens with zero attached hydrogens (tertiary/aromatic N) is 2. The van der Waals surface area contributed by atoms with Gasteiger partial charge in [-0.1, -0.05) is 6.08 Å². The number of aryl methyl sites for hydroxylation is 1. The zero-order valence-electron chi connectivity index (χ0n) is 12.1. The highest BCUT2D eigenvalue weighted by Gasteiger charge is 2.18. The predicted molar refractivity (Wildman–Crippen MR) is 85.0 cm³/mol. The van der Waals surface area contributed by atoms with Crippen LogP contribution in [0.5, 0.6) is 0 Å². The Morgan fingerprint density at radius 1 is 1.52 bits per heavy atom. The lowest BCUT2D eigenvalue weighted by Crippen LogP contribution is -2.26. The van der Waals surface area contributed by atoms with Gasteiger partial charge in [-0.3, -0.25) is 4.79 Å². The van der Waals surface area contributed by atoms with Gasteiger partial charge in [-0.05, 0) is 12.5 Å². The average Bonchev–Trinajstić information content (AvgIpc) is 2.83. The molecule has 1 amide bonds. The second-order valence-corrected chi connectivity index (χ2v) is 5.38. The van der Waals surface area contributed by atoms with Gasteiger partial charge >= 0.3 is 0 Å². The second kappa shape index (κ2) is 7.14. The van der Waals surface area contributed by atoms with Crippen molar-refractivity contribution in [3.63, 3.8) is 0 Å². The third-order valence-corrected chi connectivity index (χ3v) is 4.14. The van der Waals surface area contributed by atoms with Gasteiger partial charge in [-0.25, -0.2) is 9.97 Å². The first-order chi connectivity index (χ1) is 10.2. The topological polar surface area (TPSA) is 76.1 Å². The summed E-state index contributed by atoms with van der Waals surface area (Å²) >= 11 is 1.37. The summed E-state index contributed by atoms with van der Waals surface area (Å²) in [5.41, 5.74) is 0.886. The largest absolute Gasteiger partial charge is 0.383 e. The van der Waals surface area contributed by atoms with E-state index in [2.05, 4.69) is 27.2 Å². The standard InChI is InChI=1S/C14H18N4O2S/c1-4-5-15-12-10-9(2)11(13(19)16-6-7-20-3)21-14(10)18-8-17-12/h4,8H,1,5-7H2,2-3H3,(H,16,19)(H,15,17,18). The maximum atomic E-state index is 12.2. The maximum absolute atomic E-state index is 12.2. The zero-order chi connectivity index (χ0) is 15.2. The van der Waals surface area contributed by atoms with Crippen LogP contribution in [0, 0.1) is 6.92 Å². The van der Waals surface area contributed by atoms with E-state index in [1.807, 2.05) is 6.92 Å². The van der Waals surface area contributed by atoms with Gasteiger partial charge in [0.15, 0.2) is 0 Å². The number of carbonyl (C=O) groups is 1. The molecule has 6 nitrogen and oxygen atoms in total. The summed E-state index contributed by atoms with van der Waals surface area (Å²) in [5, 5.41) is 6.88. The highest BCUT2D eigenvalue weighted by Crippen LogP contribution is 2.33. The van der Waals surface area contributed by atoms with Gasteiger partial charge in [0.1, 0.15) is 17.0 Å². The molecule has 112 valence electrons.